The third-order valence-electron chi connectivity index (χ3n) is 5.16. The molecule has 0 atom stereocenters. The summed E-state index contributed by atoms with van der Waals surface area (Å²) in [6, 6.07) is 19.2. The Bertz CT molecular complexity index is 1390. The molecule has 0 radical (unpaired) electrons. The molecular weight excluding hydrogens is 390 g/mol. The number of aryl methyl sites for hydroxylation is 2. The molecule has 0 spiro atoms. The van der Waals surface area contributed by atoms with Crippen LogP contribution in [0.15, 0.2) is 73.3 Å². The Hall–Kier alpha value is -4.33. The fourth-order valence-corrected chi connectivity index (χ4v) is 3.60. The maximum Gasteiger partial charge on any atom is 0.255 e. The Morgan fingerprint density at radius 2 is 1.77 bits per heavy atom. The molecule has 1 amide bonds. The second-order valence-corrected chi connectivity index (χ2v) is 7.36. The summed E-state index contributed by atoms with van der Waals surface area (Å²) < 4.78 is 3.59. The lowest BCUT2D eigenvalue weighted by Crippen LogP contribution is -2.12. The monoisotopic (exact) mass is 409 g/mol. The van der Waals surface area contributed by atoms with E-state index in [1.165, 1.54) is 17.5 Å². The minimum Gasteiger partial charge on any atom is -0.322 e. The molecule has 2 aromatic heterocycles. The van der Waals surface area contributed by atoms with E-state index in [1.807, 2.05) is 41.0 Å². The SMILES string of the molecule is Cc1ccc(-n2cnc3cc(C(=O)Nc4ccc(-n5cnnn5)cc4)ccc32)c(C)c1. The van der Waals surface area contributed by atoms with E-state index in [1.54, 1.807) is 17.1 Å². The van der Waals surface area contributed by atoms with Gasteiger partial charge in [0.25, 0.3) is 5.91 Å². The van der Waals surface area contributed by atoms with Crippen LogP contribution in [0.4, 0.5) is 5.69 Å². The summed E-state index contributed by atoms with van der Waals surface area (Å²) >= 11 is 0. The van der Waals surface area contributed by atoms with Crippen molar-refractivity contribution in [2.75, 3.05) is 5.32 Å². The van der Waals surface area contributed by atoms with Crippen LogP contribution in [0.5, 0.6) is 0 Å². The molecule has 3 aromatic carbocycles. The first kappa shape index (κ1) is 18.7. The minimum absolute atomic E-state index is 0.196. The largest absolute Gasteiger partial charge is 0.322 e. The van der Waals surface area contributed by atoms with Gasteiger partial charge in [0.1, 0.15) is 12.7 Å². The Morgan fingerprint density at radius 1 is 0.935 bits per heavy atom. The Morgan fingerprint density at radius 3 is 2.52 bits per heavy atom. The molecule has 5 rings (SSSR count). The summed E-state index contributed by atoms with van der Waals surface area (Å²) in [7, 11) is 0. The summed E-state index contributed by atoms with van der Waals surface area (Å²) in [5.41, 5.74) is 7.22. The second kappa shape index (κ2) is 7.49. The number of tetrazole rings is 1. The molecule has 0 aliphatic carbocycles. The second-order valence-electron chi connectivity index (χ2n) is 7.36. The van der Waals surface area contributed by atoms with Crippen LogP contribution in [-0.2, 0) is 0 Å². The number of carbonyl (C=O) groups is 1. The van der Waals surface area contributed by atoms with Crippen molar-refractivity contribution in [3.63, 3.8) is 0 Å². The number of benzene rings is 3. The van der Waals surface area contributed by atoms with Crippen molar-refractivity contribution in [3.8, 4) is 11.4 Å². The predicted molar refractivity (Wildman–Crippen MR) is 118 cm³/mol. The van der Waals surface area contributed by atoms with Gasteiger partial charge in [0, 0.05) is 11.3 Å². The lowest BCUT2D eigenvalue weighted by Gasteiger charge is -2.10. The van der Waals surface area contributed by atoms with Gasteiger partial charge in [-0.1, -0.05) is 17.7 Å². The molecule has 0 saturated carbocycles. The third-order valence-corrected chi connectivity index (χ3v) is 5.16. The zero-order valence-electron chi connectivity index (χ0n) is 17.0. The molecule has 1 N–H and O–H groups in total. The van der Waals surface area contributed by atoms with Gasteiger partial charge in [-0.2, -0.15) is 0 Å². The number of rotatable bonds is 4. The number of aromatic nitrogens is 6. The number of hydrogen-bond donors (Lipinski definition) is 1. The Kier molecular flexibility index (Phi) is 4.51. The molecule has 0 aliphatic rings. The van der Waals surface area contributed by atoms with Crippen molar-refractivity contribution >= 4 is 22.6 Å². The van der Waals surface area contributed by atoms with Gasteiger partial charge in [-0.05, 0) is 78.4 Å². The first-order chi connectivity index (χ1) is 15.1. The fourth-order valence-electron chi connectivity index (χ4n) is 3.60. The van der Waals surface area contributed by atoms with Crippen LogP contribution in [0, 0.1) is 13.8 Å². The van der Waals surface area contributed by atoms with E-state index in [0.29, 0.717) is 11.3 Å². The van der Waals surface area contributed by atoms with Crippen molar-refractivity contribution in [1.29, 1.82) is 0 Å². The fraction of sp³-hybridized carbons (Fsp3) is 0.0870. The number of amides is 1. The maximum absolute atomic E-state index is 12.8. The molecule has 5 aromatic rings. The summed E-state index contributed by atoms with van der Waals surface area (Å²) in [6.07, 6.45) is 3.31. The van der Waals surface area contributed by atoms with Crippen LogP contribution >= 0.6 is 0 Å². The van der Waals surface area contributed by atoms with Crippen LogP contribution in [0.1, 0.15) is 21.5 Å². The highest BCUT2D eigenvalue weighted by atomic mass is 16.1. The molecule has 0 aliphatic heterocycles. The molecule has 2 heterocycles. The van der Waals surface area contributed by atoms with Gasteiger partial charge in [-0.15, -0.1) is 5.10 Å². The van der Waals surface area contributed by atoms with E-state index in [2.05, 4.69) is 57.9 Å². The summed E-state index contributed by atoms with van der Waals surface area (Å²) in [5.74, 6) is -0.196. The molecule has 0 fully saturated rings. The van der Waals surface area contributed by atoms with Crippen molar-refractivity contribution in [3.05, 3.63) is 90.0 Å². The van der Waals surface area contributed by atoms with E-state index in [9.17, 15) is 4.79 Å². The number of nitrogens with one attached hydrogen (secondary N) is 1. The lowest BCUT2D eigenvalue weighted by molar-refractivity contribution is 0.102. The van der Waals surface area contributed by atoms with E-state index in [0.717, 1.165) is 22.4 Å². The summed E-state index contributed by atoms with van der Waals surface area (Å²) in [4.78, 5) is 17.3. The van der Waals surface area contributed by atoms with Crippen molar-refractivity contribution in [2.45, 2.75) is 13.8 Å². The molecule has 8 nitrogen and oxygen atoms in total. The molecule has 0 bridgehead atoms. The lowest BCUT2D eigenvalue weighted by atomic mass is 10.1. The molecule has 0 saturated heterocycles. The van der Waals surface area contributed by atoms with E-state index >= 15 is 0 Å². The van der Waals surface area contributed by atoms with Crippen LogP contribution in [0.3, 0.4) is 0 Å². The zero-order valence-corrected chi connectivity index (χ0v) is 17.0. The summed E-state index contributed by atoms with van der Waals surface area (Å²) in [5, 5.41) is 14.0. The molecule has 152 valence electrons. The van der Waals surface area contributed by atoms with E-state index in [-0.39, 0.29) is 5.91 Å². The maximum atomic E-state index is 12.8. The van der Waals surface area contributed by atoms with Gasteiger partial charge in [-0.25, -0.2) is 9.67 Å². The van der Waals surface area contributed by atoms with Gasteiger partial charge >= 0.3 is 0 Å². The first-order valence-corrected chi connectivity index (χ1v) is 9.78. The Balaban J connectivity index is 1.38. The highest BCUT2D eigenvalue weighted by molar-refractivity contribution is 6.06. The molecular formula is C23H19N7O. The third kappa shape index (κ3) is 3.55. The van der Waals surface area contributed by atoms with Gasteiger partial charge in [-0.3, -0.25) is 9.36 Å². The van der Waals surface area contributed by atoms with Gasteiger partial charge in [0.2, 0.25) is 0 Å². The van der Waals surface area contributed by atoms with Crippen LogP contribution in [-0.4, -0.2) is 35.7 Å². The van der Waals surface area contributed by atoms with Crippen LogP contribution in [0.25, 0.3) is 22.4 Å². The Labute approximate surface area is 178 Å². The minimum atomic E-state index is -0.196. The topological polar surface area (TPSA) is 90.5 Å². The van der Waals surface area contributed by atoms with Gasteiger partial charge < -0.3 is 5.32 Å². The number of carbonyl (C=O) groups excluding carboxylic acids is 1. The standard InChI is InChI=1S/C23H19N7O/c1-15-3-9-21(16(2)11-15)29-13-24-20-12-17(4-10-22(20)29)23(31)26-18-5-7-19(8-6-18)30-14-25-27-28-30/h3-14H,1-2H3,(H,26,31). The number of anilines is 1. The molecule has 8 heteroatoms. The van der Waals surface area contributed by atoms with Crippen molar-refractivity contribution in [1.82, 2.24) is 29.8 Å². The highest BCUT2D eigenvalue weighted by Gasteiger charge is 2.12. The number of imidazole rings is 1. The van der Waals surface area contributed by atoms with Gasteiger partial charge in [0.15, 0.2) is 0 Å². The average Bonchev–Trinajstić information content (AvgIpc) is 3.44. The number of nitrogens with zero attached hydrogens (tertiary/aromatic N) is 6. The average molecular weight is 409 g/mol. The first-order valence-electron chi connectivity index (χ1n) is 9.78. The predicted octanol–water partition coefficient (Wildman–Crippen LogP) is 3.87. The molecule has 31 heavy (non-hydrogen) atoms. The quantitative estimate of drug-likeness (QED) is 0.487. The van der Waals surface area contributed by atoms with Crippen molar-refractivity contribution < 1.29 is 4.79 Å². The van der Waals surface area contributed by atoms with Crippen LogP contribution < -0.4 is 5.32 Å². The highest BCUT2D eigenvalue weighted by Crippen LogP contribution is 2.23. The normalized spacial score (nSPS) is 11.0. The van der Waals surface area contributed by atoms with Crippen molar-refractivity contribution in [2.24, 2.45) is 0 Å². The smallest absolute Gasteiger partial charge is 0.255 e. The number of hydrogen-bond acceptors (Lipinski definition) is 5. The molecule has 0 unspecified atom stereocenters. The van der Waals surface area contributed by atoms with E-state index in [4.69, 9.17) is 0 Å². The number of fused-ring (bicyclic) bond motifs is 1. The van der Waals surface area contributed by atoms with Crippen LogP contribution in [0.2, 0.25) is 0 Å². The van der Waals surface area contributed by atoms with Gasteiger partial charge in [0.05, 0.1) is 22.4 Å². The van der Waals surface area contributed by atoms with E-state index < -0.39 is 0 Å². The summed E-state index contributed by atoms with van der Waals surface area (Å²) in [6.45, 7) is 4.16. The zero-order chi connectivity index (χ0) is 21.4.